The molecule has 0 aliphatic carbocycles. The van der Waals surface area contributed by atoms with Crippen molar-refractivity contribution in [3.63, 3.8) is 0 Å². The second kappa shape index (κ2) is 41.1. The summed E-state index contributed by atoms with van der Waals surface area (Å²) in [5, 5.41) is 0. The van der Waals surface area contributed by atoms with Gasteiger partial charge in [-0.25, -0.2) is 0 Å². The summed E-state index contributed by atoms with van der Waals surface area (Å²) in [7, 11) is 0. The van der Waals surface area contributed by atoms with Crippen molar-refractivity contribution in [2.75, 3.05) is 11.5 Å². The Kier molecular flexibility index (Phi) is 39.4. The van der Waals surface area contributed by atoms with Gasteiger partial charge in [-0.05, 0) is 54.9 Å². The Bertz CT molecular complexity index is 743. The summed E-state index contributed by atoms with van der Waals surface area (Å²) in [6, 6.07) is 7.07. The zero-order valence-electron chi connectivity index (χ0n) is 35.0. The monoisotopic (exact) mass is 744 g/mol. The van der Waals surface area contributed by atoms with E-state index < -0.39 is 0 Å². The van der Waals surface area contributed by atoms with E-state index in [0.29, 0.717) is 0 Å². The van der Waals surface area contributed by atoms with Crippen molar-refractivity contribution in [1.82, 2.24) is 0 Å². The first-order valence-electron chi connectivity index (χ1n) is 23.5. The molecule has 0 fully saturated rings. The van der Waals surface area contributed by atoms with Crippen LogP contribution in [0.25, 0.3) is 0 Å². The van der Waals surface area contributed by atoms with Crippen LogP contribution >= 0.6 is 23.5 Å². The van der Waals surface area contributed by atoms with Gasteiger partial charge < -0.3 is 0 Å². The molecule has 0 unspecified atom stereocenters. The molecule has 0 N–H and O–H groups in total. The summed E-state index contributed by atoms with van der Waals surface area (Å²) < 4.78 is 0. The van der Waals surface area contributed by atoms with Crippen LogP contribution < -0.4 is 0 Å². The molecule has 0 aromatic heterocycles. The lowest BCUT2D eigenvalue weighted by molar-refractivity contribution is 0.526. The third-order valence-electron chi connectivity index (χ3n) is 11.0. The van der Waals surface area contributed by atoms with E-state index in [2.05, 4.69) is 62.5 Å². The topological polar surface area (TPSA) is 0 Å². The van der Waals surface area contributed by atoms with Gasteiger partial charge in [0.15, 0.2) is 0 Å². The zero-order chi connectivity index (χ0) is 36.6. The molecule has 51 heavy (non-hydrogen) atoms. The van der Waals surface area contributed by atoms with E-state index in [1.54, 1.807) is 5.56 Å². The van der Waals surface area contributed by atoms with E-state index in [9.17, 15) is 0 Å². The van der Waals surface area contributed by atoms with Crippen LogP contribution in [-0.2, 0) is 6.42 Å². The molecule has 0 atom stereocenters. The molecule has 1 aromatic rings. The van der Waals surface area contributed by atoms with Crippen molar-refractivity contribution < 1.29 is 0 Å². The van der Waals surface area contributed by atoms with Gasteiger partial charge in [-0.15, -0.1) is 23.5 Å². The van der Waals surface area contributed by atoms with E-state index in [1.165, 1.54) is 252 Å². The molecule has 1 radical (unpaired) electrons. The largest absolute Gasteiger partial charge is 0.126 e. The van der Waals surface area contributed by atoms with Crippen LogP contribution in [0.15, 0.2) is 28.0 Å². The van der Waals surface area contributed by atoms with E-state index in [4.69, 9.17) is 0 Å². The minimum atomic E-state index is 1.00. The van der Waals surface area contributed by atoms with Gasteiger partial charge in [0.1, 0.15) is 0 Å². The number of hydrogen-bond donors (Lipinski definition) is 0. The quantitative estimate of drug-likeness (QED) is 0.0483. The summed E-state index contributed by atoms with van der Waals surface area (Å²) >= 11 is 4.23. The fourth-order valence-electron chi connectivity index (χ4n) is 7.61. The van der Waals surface area contributed by atoms with Crippen LogP contribution in [0.5, 0.6) is 0 Å². The van der Waals surface area contributed by atoms with Gasteiger partial charge in [0.25, 0.3) is 0 Å². The third-order valence-corrected chi connectivity index (χ3v) is 13.4. The fourth-order valence-corrected chi connectivity index (χ4v) is 9.93. The maximum atomic E-state index is 4.22. The molecule has 0 nitrogen and oxygen atoms in total. The van der Waals surface area contributed by atoms with Gasteiger partial charge in [0.2, 0.25) is 0 Å². The molecule has 0 saturated carbocycles. The fraction of sp³-hybridized carbons (Fsp3) is 0.857. The average molecular weight is 744 g/mol. The SMILES string of the molecule is [CH2]CCc1c(SCCCCCCCCCCCCCCCCCCCC)cccc1SCCCCCCCCCCCCCCCCCCCC. The van der Waals surface area contributed by atoms with Crippen LogP contribution in [0.2, 0.25) is 0 Å². The maximum absolute atomic E-state index is 4.22. The Morgan fingerprint density at radius 2 is 0.588 bits per heavy atom. The van der Waals surface area contributed by atoms with Crippen LogP contribution in [0.3, 0.4) is 0 Å². The van der Waals surface area contributed by atoms with Crippen molar-refractivity contribution >= 4 is 23.5 Å². The summed E-state index contributed by atoms with van der Waals surface area (Å²) in [5.74, 6) is 2.55. The Morgan fingerprint density at radius 1 is 0.353 bits per heavy atom. The summed E-state index contributed by atoms with van der Waals surface area (Å²) in [6.45, 7) is 8.84. The van der Waals surface area contributed by atoms with Gasteiger partial charge >= 0.3 is 0 Å². The van der Waals surface area contributed by atoms with E-state index >= 15 is 0 Å². The van der Waals surface area contributed by atoms with Crippen molar-refractivity contribution in [2.45, 2.75) is 268 Å². The van der Waals surface area contributed by atoms with Crippen molar-refractivity contribution in [2.24, 2.45) is 0 Å². The van der Waals surface area contributed by atoms with Crippen molar-refractivity contribution in [3.05, 3.63) is 30.7 Å². The molecule has 299 valence electrons. The molecule has 0 heterocycles. The predicted molar refractivity (Wildman–Crippen MR) is 239 cm³/mol. The van der Waals surface area contributed by atoms with Crippen LogP contribution in [-0.4, -0.2) is 11.5 Å². The van der Waals surface area contributed by atoms with Crippen molar-refractivity contribution in [3.8, 4) is 0 Å². The first-order valence-corrected chi connectivity index (χ1v) is 25.5. The lowest BCUT2D eigenvalue weighted by Gasteiger charge is -2.14. The molecule has 1 rings (SSSR count). The highest BCUT2D eigenvalue weighted by Gasteiger charge is 2.09. The minimum Gasteiger partial charge on any atom is -0.126 e. The highest BCUT2D eigenvalue weighted by Crippen LogP contribution is 2.34. The van der Waals surface area contributed by atoms with Crippen molar-refractivity contribution in [1.29, 1.82) is 0 Å². The molecule has 2 heteroatoms. The van der Waals surface area contributed by atoms with Crippen LogP contribution in [0.4, 0.5) is 0 Å². The Hall–Kier alpha value is -0.0800. The summed E-state index contributed by atoms with van der Waals surface area (Å²) in [5.41, 5.74) is 1.59. The minimum absolute atomic E-state index is 1.00. The molecule has 0 spiro atoms. The average Bonchev–Trinajstić information content (AvgIpc) is 3.14. The lowest BCUT2D eigenvalue weighted by atomic mass is 10.0. The number of unbranched alkanes of at least 4 members (excludes halogenated alkanes) is 34. The summed E-state index contributed by atoms with van der Waals surface area (Å²) in [6.07, 6.45) is 54.3. The first-order chi connectivity index (χ1) is 25.3. The van der Waals surface area contributed by atoms with Gasteiger partial charge in [-0.1, -0.05) is 245 Å². The zero-order valence-corrected chi connectivity index (χ0v) is 36.7. The highest BCUT2D eigenvalue weighted by atomic mass is 32.2. The highest BCUT2D eigenvalue weighted by molar-refractivity contribution is 8.00. The van der Waals surface area contributed by atoms with Gasteiger partial charge in [-0.2, -0.15) is 0 Å². The lowest BCUT2D eigenvalue weighted by Crippen LogP contribution is -1.94. The second-order valence-electron chi connectivity index (χ2n) is 16.1. The van der Waals surface area contributed by atoms with E-state index in [1.807, 2.05) is 0 Å². The number of benzene rings is 1. The number of hydrogen-bond acceptors (Lipinski definition) is 2. The van der Waals surface area contributed by atoms with Crippen LogP contribution in [0.1, 0.15) is 257 Å². The van der Waals surface area contributed by atoms with Gasteiger partial charge in [0, 0.05) is 9.79 Å². The Morgan fingerprint density at radius 3 is 0.824 bits per heavy atom. The normalized spacial score (nSPS) is 11.6. The Balaban J connectivity index is 1.97. The molecule has 0 aliphatic heterocycles. The number of thioether (sulfide) groups is 2. The molecule has 0 aliphatic rings. The molecular weight excluding hydrogens is 653 g/mol. The molecule has 0 saturated heterocycles. The molecule has 0 amide bonds. The second-order valence-corrected chi connectivity index (χ2v) is 18.3. The number of rotatable bonds is 42. The van der Waals surface area contributed by atoms with Gasteiger partial charge in [0.05, 0.1) is 0 Å². The summed E-state index contributed by atoms with van der Waals surface area (Å²) in [4.78, 5) is 3.07. The molecular formula is C49H91S2. The smallest absolute Gasteiger partial charge is 0.0115 e. The third kappa shape index (κ3) is 33.0. The maximum Gasteiger partial charge on any atom is 0.0115 e. The first kappa shape index (κ1) is 48.9. The van der Waals surface area contributed by atoms with Crippen LogP contribution in [0, 0.1) is 6.92 Å². The molecule has 0 bridgehead atoms. The molecule has 1 aromatic carbocycles. The van der Waals surface area contributed by atoms with E-state index in [-0.39, 0.29) is 0 Å². The predicted octanol–water partition coefficient (Wildman–Crippen LogP) is 18.7. The Labute approximate surface area is 331 Å². The van der Waals surface area contributed by atoms with E-state index in [0.717, 1.165) is 12.8 Å². The standard InChI is InChI=1S/C49H91S2/c1-4-7-9-11-13-15-17-19-21-23-25-27-29-31-33-35-37-39-45-50-48-43-41-44-49(47(48)42-6-3)51-46-40-38-36-34-32-30-28-26-24-22-20-18-16-14-12-10-8-5-2/h41,43-44H,3-40,42,45-46H2,1-2H3. The van der Waals surface area contributed by atoms with Gasteiger partial charge in [-0.3, -0.25) is 0 Å².